The summed E-state index contributed by atoms with van der Waals surface area (Å²) in [7, 11) is 2.02. The highest BCUT2D eigenvalue weighted by Gasteiger charge is 2.32. The first-order valence-corrected chi connectivity index (χ1v) is 6.15. The van der Waals surface area contributed by atoms with E-state index in [-0.39, 0.29) is 24.0 Å². The first-order valence-electron chi connectivity index (χ1n) is 4.99. The van der Waals surface area contributed by atoms with E-state index >= 15 is 0 Å². The Labute approximate surface area is 112 Å². The van der Waals surface area contributed by atoms with Crippen molar-refractivity contribution in [1.29, 1.82) is 0 Å². The molecule has 0 bridgehead atoms. The molecule has 1 saturated heterocycles. The molecule has 1 atom stereocenters. The first-order chi connectivity index (χ1) is 6.70. The Morgan fingerprint density at radius 3 is 3.00 bits per heavy atom. The number of aliphatic hydroxyl groups is 1. The van der Waals surface area contributed by atoms with Crippen molar-refractivity contribution in [3.63, 3.8) is 0 Å². The van der Waals surface area contributed by atoms with Crippen molar-refractivity contribution in [1.82, 2.24) is 10.2 Å². The fourth-order valence-electron chi connectivity index (χ4n) is 1.70. The molecule has 1 unspecified atom stereocenters. The summed E-state index contributed by atoms with van der Waals surface area (Å²) in [6, 6.07) is 0. The van der Waals surface area contributed by atoms with Gasteiger partial charge in [-0.05, 0) is 12.2 Å². The maximum Gasteiger partial charge on any atom is 0.193 e. The Morgan fingerprint density at radius 2 is 2.47 bits per heavy atom. The van der Waals surface area contributed by atoms with Crippen LogP contribution in [0.25, 0.3) is 0 Å². The Hall–Kier alpha value is 0.310. The van der Waals surface area contributed by atoms with Gasteiger partial charge in [0.2, 0.25) is 0 Å². The molecule has 2 aliphatic heterocycles. The van der Waals surface area contributed by atoms with Crippen LogP contribution in [0.15, 0.2) is 4.99 Å². The molecule has 2 aliphatic rings. The van der Waals surface area contributed by atoms with Gasteiger partial charge in [0, 0.05) is 25.9 Å². The molecule has 0 aliphatic carbocycles. The molecule has 4 nitrogen and oxygen atoms in total. The molecule has 2 rings (SSSR count). The largest absolute Gasteiger partial charge is 0.387 e. The predicted octanol–water partition coefficient (Wildman–Crippen LogP) is 0.363. The van der Waals surface area contributed by atoms with Crippen molar-refractivity contribution in [2.75, 3.05) is 38.2 Å². The Morgan fingerprint density at radius 1 is 1.67 bits per heavy atom. The average molecular weight is 343 g/mol. The van der Waals surface area contributed by atoms with E-state index in [1.807, 2.05) is 18.8 Å². The Bertz CT molecular complexity index is 244. The van der Waals surface area contributed by atoms with Gasteiger partial charge in [0.1, 0.15) is 0 Å². The van der Waals surface area contributed by atoms with Crippen LogP contribution in [0.3, 0.4) is 0 Å². The summed E-state index contributed by atoms with van der Waals surface area (Å²) in [5.41, 5.74) is -0.517. The first kappa shape index (κ1) is 13.4. The van der Waals surface area contributed by atoms with Gasteiger partial charge in [-0.15, -0.1) is 24.0 Å². The minimum absolute atomic E-state index is 0. The van der Waals surface area contributed by atoms with Gasteiger partial charge in [0.25, 0.3) is 0 Å². The standard InChI is InChI=1S/C9H17N3OS.HI/c1-12-4-3-10-8(12)11-6-9(13)2-5-14-7-9;/h13H,2-7H2,1H3,(H,10,11);1H. The molecule has 0 saturated carbocycles. The van der Waals surface area contributed by atoms with E-state index in [4.69, 9.17) is 0 Å². The van der Waals surface area contributed by atoms with Gasteiger partial charge >= 0.3 is 0 Å². The molecule has 0 aromatic rings. The minimum atomic E-state index is -0.517. The van der Waals surface area contributed by atoms with Crippen LogP contribution < -0.4 is 5.32 Å². The molecular formula is C9H18IN3OS. The van der Waals surface area contributed by atoms with Gasteiger partial charge < -0.3 is 15.3 Å². The molecule has 2 N–H and O–H groups in total. The van der Waals surface area contributed by atoms with Crippen LogP contribution in [0, 0.1) is 0 Å². The lowest BCUT2D eigenvalue weighted by atomic mass is 10.0. The predicted molar refractivity (Wildman–Crippen MR) is 75.2 cm³/mol. The third-order valence-corrected chi connectivity index (χ3v) is 3.95. The fourth-order valence-corrected chi connectivity index (χ4v) is 3.00. The number of nitrogens with zero attached hydrogens (tertiary/aromatic N) is 2. The lowest BCUT2D eigenvalue weighted by Gasteiger charge is -2.24. The van der Waals surface area contributed by atoms with E-state index < -0.39 is 5.60 Å². The molecule has 1 fully saturated rings. The number of likely N-dealkylation sites (N-methyl/N-ethyl adjacent to an activating group) is 1. The van der Waals surface area contributed by atoms with E-state index in [1.165, 1.54) is 0 Å². The molecular weight excluding hydrogens is 325 g/mol. The molecule has 0 spiro atoms. The zero-order chi connectivity index (χ0) is 10.0. The van der Waals surface area contributed by atoms with Crippen LogP contribution in [0.4, 0.5) is 0 Å². The van der Waals surface area contributed by atoms with E-state index in [1.54, 1.807) is 0 Å². The van der Waals surface area contributed by atoms with Crippen LogP contribution >= 0.6 is 35.7 Å². The maximum atomic E-state index is 10.1. The van der Waals surface area contributed by atoms with E-state index in [9.17, 15) is 5.11 Å². The SMILES string of the molecule is CN1CCN=C1NCC1(O)CCSC1.I. The molecule has 88 valence electrons. The highest BCUT2D eigenvalue weighted by molar-refractivity contribution is 14.0. The fraction of sp³-hybridized carbons (Fsp3) is 0.889. The summed E-state index contributed by atoms with van der Waals surface area (Å²) < 4.78 is 0. The number of rotatable bonds is 2. The van der Waals surface area contributed by atoms with Gasteiger partial charge in [-0.1, -0.05) is 0 Å². The Balaban J connectivity index is 0.00000112. The molecule has 0 amide bonds. The summed E-state index contributed by atoms with van der Waals surface area (Å²) in [6.45, 7) is 2.48. The molecule has 6 heteroatoms. The zero-order valence-corrected chi connectivity index (χ0v) is 12.0. The molecule has 0 radical (unpaired) electrons. The molecule has 0 aromatic carbocycles. The number of aliphatic imine (C=N–C) groups is 1. The normalized spacial score (nSPS) is 30.0. The van der Waals surface area contributed by atoms with E-state index in [0.717, 1.165) is 37.0 Å². The van der Waals surface area contributed by atoms with Crippen molar-refractivity contribution in [3.8, 4) is 0 Å². The summed E-state index contributed by atoms with van der Waals surface area (Å²) in [5.74, 6) is 2.84. The third-order valence-electron chi connectivity index (χ3n) is 2.72. The lowest BCUT2D eigenvalue weighted by molar-refractivity contribution is 0.0720. The van der Waals surface area contributed by atoms with Crippen LogP contribution in [-0.2, 0) is 0 Å². The molecule has 15 heavy (non-hydrogen) atoms. The smallest absolute Gasteiger partial charge is 0.193 e. The lowest BCUT2D eigenvalue weighted by Crippen LogP contribution is -2.46. The van der Waals surface area contributed by atoms with Crippen molar-refractivity contribution < 1.29 is 5.11 Å². The van der Waals surface area contributed by atoms with Gasteiger partial charge in [-0.3, -0.25) is 4.99 Å². The summed E-state index contributed by atoms with van der Waals surface area (Å²) in [4.78, 5) is 6.41. The summed E-state index contributed by atoms with van der Waals surface area (Å²) >= 11 is 1.82. The topological polar surface area (TPSA) is 47.9 Å². The number of thioether (sulfide) groups is 1. The number of halogens is 1. The van der Waals surface area contributed by atoms with Crippen LogP contribution in [0.2, 0.25) is 0 Å². The molecule has 0 aromatic heterocycles. The van der Waals surface area contributed by atoms with Gasteiger partial charge in [-0.25, -0.2) is 0 Å². The zero-order valence-electron chi connectivity index (χ0n) is 8.90. The highest BCUT2D eigenvalue weighted by Crippen LogP contribution is 2.26. The second-order valence-electron chi connectivity index (χ2n) is 4.01. The Kier molecular flexibility index (Phi) is 4.98. The number of hydrogen-bond donors (Lipinski definition) is 2. The average Bonchev–Trinajstić information content (AvgIpc) is 2.73. The van der Waals surface area contributed by atoms with Crippen molar-refractivity contribution in [2.24, 2.45) is 4.99 Å². The van der Waals surface area contributed by atoms with Crippen molar-refractivity contribution >= 4 is 41.7 Å². The van der Waals surface area contributed by atoms with Crippen LogP contribution in [0.5, 0.6) is 0 Å². The van der Waals surface area contributed by atoms with Crippen molar-refractivity contribution in [3.05, 3.63) is 0 Å². The quantitative estimate of drug-likeness (QED) is 0.711. The second kappa shape index (κ2) is 5.58. The summed E-state index contributed by atoms with van der Waals surface area (Å²) in [6.07, 6.45) is 0.891. The number of nitrogens with one attached hydrogen (secondary N) is 1. The van der Waals surface area contributed by atoms with E-state index in [2.05, 4.69) is 15.2 Å². The van der Waals surface area contributed by atoms with Gasteiger partial charge in [0.05, 0.1) is 12.1 Å². The number of hydrogen-bond acceptors (Lipinski definition) is 5. The van der Waals surface area contributed by atoms with E-state index in [0.29, 0.717) is 6.54 Å². The highest BCUT2D eigenvalue weighted by atomic mass is 127. The van der Waals surface area contributed by atoms with Crippen LogP contribution in [-0.4, -0.2) is 59.8 Å². The van der Waals surface area contributed by atoms with Gasteiger partial charge in [-0.2, -0.15) is 11.8 Å². The number of guanidine groups is 1. The minimum Gasteiger partial charge on any atom is -0.387 e. The second-order valence-corrected chi connectivity index (χ2v) is 5.11. The van der Waals surface area contributed by atoms with Crippen molar-refractivity contribution in [2.45, 2.75) is 12.0 Å². The summed E-state index contributed by atoms with van der Waals surface area (Å²) in [5, 5.41) is 13.3. The third kappa shape index (κ3) is 3.39. The molecule has 2 heterocycles. The monoisotopic (exact) mass is 343 g/mol. The maximum absolute atomic E-state index is 10.1. The van der Waals surface area contributed by atoms with Gasteiger partial charge in [0.15, 0.2) is 5.96 Å². The van der Waals surface area contributed by atoms with Crippen LogP contribution in [0.1, 0.15) is 6.42 Å².